The van der Waals surface area contributed by atoms with Crippen molar-refractivity contribution in [2.75, 3.05) is 52.9 Å². The highest BCUT2D eigenvalue weighted by molar-refractivity contribution is 14.0. The molecule has 1 saturated heterocycles. The Morgan fingerprint density at radius 3 is 2.75 bits per heavy atom. The van der Waals surface area contributed by atoms with Gasteiger partial charge in [-0.3, -0.25) is 9.79 Å². The van der Waals surface area contributed by atoms with Gasteiger partial charge in [0.25, 0.3) is 0 Å². The van der Waals surface area contributed by atoms with Crippen molar-refractivity contribution >= 4 is 35.8 Å². The molecule has 142 valence electrons. The Balaban J connectivity index is 0.00000529. The summed E-state index contributed by atoms with van der Waals surface area (Å²) in [7, 11) is 2.12. The quantitative estimate of drug-likeness (QED) is 0.242. The van der Waals surface area contributed by atoms with E-state index in [2.05, 4.69) is 41.4 Å². The van der Waals surface area contributed by atoms with Crippen molar-refractivity contribution < 1.29 is 4.79 Å². The summed E-state index contributed by atoms with van der Waals surface area (Å²) in [4.78, 5) is 20.8. The van der Waals surface area contributed by atoms with Crippen LogP contribution >= 0.6 is 24.0 Å². The molecule has 0 atom stereocenters. The highest BCUT2D eigenvalue weighted by Gasteiger charge is 2.15. The second kappa shape index (κ2) is 14.7. The number of hydrogen-bond donors (Lipinski definition) is 2. The first-order valence-corrected chi connectivity index (χ1v) is 9.15. The number of halogens is 1. The highest BCUT2D eigenvalue weighted by Crippen LogP contribution is 2.11. The number of likely N-dealkylation sites (N-methyl/N-ethyl adjacent to an activating group) is 1. The van der Waals surface area contributed by atoms with Crippen LogP contribution in [0.5, 0.6) is 0 Å². The van der Waals surface area contributed by atoms with E-state index in [1.807, 2.05) is 4.90 Å². The van der Waals surface area contributed by atoms with E-state index in [4.69, 9.17) is 0 Å². The van der Waals surface area contributed by atoms with Gasteiger partial charge in [-0.25, -0.2) is 0 Å². The molecular formula is C17H36IN5O. The van der Waals surface area contributed by atoms with Crippen LogP contribution in [0.4, 0.5) is 0 Å². The number of aliphatic imine (C=N–C) groups is 1. The molecule has 0 spiro atoms. The summed E-state index contributed by atoms with van der Waals surface area (Å²) in [5, 5.41) is 6.63. The third kappa shape index (κ3) is 10.3. The minimum Gasteiger partial charge on any atom is -0.357 e. The van der Waals surface area contributed by atoms with Crippen LogP contribution in [0.3, 0.4) is 0 Å². The van der Waals surface area contributed by atoms with Gasteiger partial charge in [-0.2, -0.15) is 0 Å². The minimum absolute atomic E-state index is 0. The molecule has 1 amide bonds. The Morgan fingerprint density at radius 2 is 2.04 bits per heavy atom. The van der Waals surface area contributed by atoms with Crippen molar-refractivity contribution in [3.63, 3.8) is 0 Å². The average molecular weight is 453 g/mol. The number of nitrogens with one attached hydrogen (secondary N) is 2. The standard InChI is InChI=1S/C17H35N5O.HI/c1-4-18-17(20-12-15-21(3)5-2)19-11-9-14-22-13-8-6-7-10-16(22)23;/h4-15H2,1-3H3,(H2,18,19,20);1H. The Bertz CT molecular complexity index is 365. The van der Waals surface area contributed by atoms with Gasteiger partial charge in [-0.15, -0.1) is 24.0 Å². The molecule has 0 aliphatic carbocycles. The molecule has 1 rings (SSSR count). The second-order valence-corrected chi connectivity index (χ2v) is 6.13. The third-order valence-electron chi connectivity index (χ3n) is 4.20. The first kappa shape index (κ1) is 23.4. The van der Waals surface area contributed by atoms with Crippen LogP contribution < -0.4 is 10.6 Å². The van der Waals surface area contributed by atoms with E-state index < -0.39 is 0 Å². The van der Waals surface area contributed by atoms with E-state index in [0.29, 0.717) is 5.91 Å². The van der Waals surface area contributed by atoms with Gasteiger partial charge in [0.2, 0.25) is 5.91 Å². The molecule has 0 aromatic carbocycles. The molecule has 0 bridgehead atoms. The van der Waals surface area contributed by atoms with Gasteiger partial charge in [0.15, 0.2) is 5.96 Å². The van der Waals surface area contributed by atoms with Gasteiger partial charge in [0, 0.05) is 45.7 Å². The maximum atomic E-state index is 11.9. The number of likely N-dealkylation sites (tertiary alicyclic amines) is 1. The topological polar surface area (TPSA) is 60.0 Å². The Kier molecular flexibility index (Phi) is 14.4. The maximum Gasteiger partial charge on any atom is 0.222 e. The molecule has 7 heteroatoms. The summed E-state index contributed by atoms with van der Waals surface area (Å²) in [6.07, 6.45) is 5.02. The van der Waals surface area contributed by atoms with Crippen molar-refractivity contribution in [2.24, 2.45) is 4.99 Å². The summed E-state index contributed by atoms with van der Waals surface area (Å²) in [6.45, 7) is 10.5. The fraction of sp³-hybridized carbons (Fsp3) is 0.882. The first-order chi connectivity index (χ1) is 11.2. The number of guanidine groups is 1. The van der Waals surface area contributed by atoms with Gasteiger partial charge in [0.1, 0.15) is 0 Å². The SMILES string of the molecule is CCNC(=NCCCN1CCCCCC1=O)NCCN(C)CC.I. The van der Waals surface area contributed by atoms with Crippen LogP contribution in [0, 0.1) is 0 Å². The van der Waals surface area contributed by atoms with Crippen LogP contribution in [0.1, 0.15) is 46.0 Å². The summed E-state index contributed by atoms with van der Waals surface area (Å²) in [5.41, 5.74) is 0. The minimum atomic E-state index is 0. The molecule has 6 nitrogen and oxygen atoms in total. The second-order valence-electron chi connectivity index (χ2n) is 6.13. The normalized spacial score (nSPS) is 15.9. The molecule has 1 aliphatic rings. The molecule has 0 aromatic heterocycles. The number of rotatable bonds is 9. The summed E-state index contributed by atoms with van der Waals surface area (Å²) < 4.78 is 0. The number of amides is 1. The molecule has 0 radical (unpaired) electrons. The molecule has 1 aliphatic heterocycles. The lowest BCUT2D eigenvalue weighted by Crippen LogP contribution is -2.41. The molecular weight excluding hydrogens is 417 g/mol. The van der Waals surface area contributed by atoms with Crippen LogP contribution in [0.15, 0.2) is 4.99 Å². The molecule has 1 fully saturated rings. The summed E-state index contributed by atoms with van der Waals surface area (Å²) in [5.74, 6) is 1.19. The van der Waals surface area contributed by atoms with Crippen LogP contribution in [0.2, 0.25) is 0 Å². The van der Waals surface area contributed by atoms with Crippen molar-refractivity contribution in [2.45, 2.75) is 46.0 Å². The van der Waals surface area contributed by atoms with Gasteiger partial charge in [0.05, 0.1) is 0 Å². The molecule has 0 aromatic rings. The first-order valence-electron chi connectivity index (χ1n) is 9.15. The van der Waals surface area contributed by atoms with Crippen molar-refractivity contribution in [3.8, 4) is 0 Å². The zero-order chi connectivity index (χ0) is 16.9. The highest BCUT2D eigenvalue weighted by atomic mass is 127. The van der Waals surface area contributed by atoms with Crippen molar-refractivity contribution in [1.29, 1.82) is 0 Å². The van der Waals surface area contributed by atoms with E-state index in [-0.39, 0.29) is 24.0 Å². The average Bonchev–Trinajstić information content (AvgIpc) is 2.75. The van der Waals surface area contributed by atoms with Crippen LogP contribution in [-0.2, 0) is 4.79 Å². The van der Waals surface area contributed by atoms with Gasteiger partial charge >= 0.3 is 0 Å². The summed E-state index contributed by atoms with van der Waals surface area (Å²) >= 11 is 0. The predicted molar refractivity (Wildman–Crippen MR) is 112 cm³/mol. The van der Waals surface area contributed by atoms with Gasteiger partial charge in [-0.1, -0.05) is 13.3 Å². The third-order valence-corrected chi connectivity index (χ3v) is 4.20. The lowest BCUT2D eigenvalue weighted by molar-refractivity contribution is -0.130. The van der Waals surface area contributed by atoms with E-state index in [1.54, 1.807) is 0 Å². The molecule has 0 saturated carbocycles. The summed E-state index contributed by atoms with van der Waals surface area (Å²) in [6, 6.07) is 0. The lowest BCUT2D eigenvalue weighted by atomic mass is 10.2. The fourth-order valence-electron chi connectivity index (χ4n) is 2.59. The van der Waals surface area contributed by atoms with Crippen molar-refractivity contribution in [3.05, 3.63) is 0 Å². The van der Waals surface area contributed by atoms with Gasteiger partial charge < -0.3 is 20.4 Å². The number of nitrogens with zero attached hydrogens (tertiary/aromatic N) is 3. The monoisotopic (exact) mass is 453 g/mol. The zero-order valence-corrected chi connectivity index (χ0v) is 18.0. The zero-order valence-electron chi connectivity index (χ0n) is 15.6. The largest absolute Gasteiger partial charge is 0.357 e. The van der Waals surface area contributed by atoms with Gasteiger partial charge in [-0.05, 0) is 39.8 Å². The maximum absolute atomic E-state index is 11.9. The van der Waals surface area contributed by atoms with Crippen LogP contribution in [-0.4, -0.2) is 74.5 Å². The smallest absolute Gasteiger partial charge is 0.222 e. The van der Waals surface area contributed by atoms with Crippen molar-refractivity contribution in [1.82, 2.24) is 20.4 Å². The van der Waals surface area contributed by atoms with Crippen LogP contribution in [0.25, 0.3) is 0 Å². The Labute approximate surface area is 164 Å². The number of carbonyl (C=O) groups excluding carboxylic acids is 1. The number of hydrogen-bond acceptors (Lipinski definition) is 3. The number of carbonyl (C=O) groups is 1. The molecule has 24 heavy (non-hydrogen) atoms. The molecule has 2 N–H and O–H groups in total. The van der Waals surface area contributed by atoms with E-state index in [9.17, 15) is 4.79 Å². The molecule has 0 unspecified atom stereocenters. The van der Waals surface area contributed by atoms with E-state index >= 15 is 0 Å². The van der Waals surface area contributed by atoms with E-state index in [1.165, 1.54) is 6.42 Å². The van der Waals surface area contributed by atoms with E-state index in [0.717, 1.165) is 77.5 Å². The Hall–Kier alpha value is -0.570. The predicted octanol–water partition coefficient (Wildman–Crippen LogP) is 1.90. The lowest BCUT2D eigenvalue weighted by Gasteiger charge is -2.20. The molecule has 1 heterocycles. The Morgan fingerprint density at radius 1 is 1.25 bits per heavy atom. The fourth-order valence-corrected chi connectivity index (χ4v) is 2.59.